The van der Waals surface area contributed by atoms with Gasteiger partial charge in [0.1, 0.15) is 0 Å². The van der Waals surface area contributed by atoms with Crippen LogP contribution in [0, 0.1) is 11.3 Å². The number of hydrogen-bond donors (Lipinski definition) is 1. The van der Waals surface area contributed by atoms with Gasteiger partial charge in [0.15, 0.2) is 0 Å². The van der Waals surface area contributed by atoms with E-state index in [1.54, 1.807) is 0 Å². The van der Waals surface area contributed by atoms with Crippen molar-refractivity contribution in [3.05, 3.63) is 0 Å². The molecule has 0 saturated heterocycles. The second-order valence-electron chi connectivity index (χ2n) is 2.78. The van der Waals surface area contributed by atoms with E-state index in [4.69, 9.17) is 5.26 Å². The van der Waals surface area contributed by atoms with E-state index in [2.05, 4.69) is 25.2 Å². The van der Waals surface area contributed by atoms with Crippen LogP contribution in [0.4, 0.5) is 0 Å². The van der Waals surface area contributed by atoms with E-state index < -0.39 is 0 Å². The molecule has 0 aliphatic rings. The number of nitriles is 1. The Hall–Kier alpha value is -0.550. The second kappa shape index (κ2) is 7.56. The van der Waals surface area contributed by atoms with Crippen LogP contribution in [0.5, 0.6) is 0 Å². The molecule has 0 amide bonds. The van der Waals surface area contributed by atoms with Crippen molar-refractivity contribution in [1.82, 2.24) is 5.32 Å². The highest BCUT2D eigenvalue weighted by Crippen LogP contribution is 1.96. The van der Waals surface area contributed by atoms with Crippen molar-refractivity contribution in [1.29, 1.82) is 5.26 Å². The molecule has 2 nitrogen and oxygen atoms in total. The Balaban J connectivity index is 3.30. The summed E-state index contributed by atoms with van der Waals surface area (Å²) in [5.41, 5.74) is 0. The van der Waals surface area contributed by atoms with E-state index in [1.807, 2.05) is 0 Å². The molecule has 11 heavy (non-hydrogen) atoms. The van der Waals surface area contributed by atoms with E-state index in [0.29, 0.717) is 12.5 Å². The van der Waals surface area contributed by atoms with Crippen LogP contribution in [0.15, 0.2) is 0 Å². The Morgan fingerprint density at radius 3 is 2.64 bits per heavy atom. The van der Waals surface area contributed by atoms with Gasteiger partial charge < -0.3 is 5.32 Å². The number of unbranched alkanes of at least 4 members (excludes halogenated alkanes) is 1. The molecule has 0 saturated carbocycles. The van der Waals surface area contributed by atoms with E-state index in [-0.39, 0.29) is 0 Å². The van der Waals surface area contributed by atoms with Gasteiger partial charge in [-0.3, -0.25) is 0 Å². The maximum atomic E-state index is 8.43. The lowest BCUT2D eigenvalue weighted by atomic mass is 10.1. The summed E-state index contributed by atoms with van der Waals surface area (Å²) in [4.78, 5) is 0. The first kappa shape index (κ1) is 10.4. The molecule has 0 radical (unpaired) electrons. The van der Waals surface area contributed by atoms with Gasteiger partial charge in [0.05, 0.1) is 12.5 Å². The third kappa shape index (κ3) is 5.87. The zero-order valence-corrected chi connectivity index (χ0v) is 7.56. The second-order valence-corrected chi connectivity index (χ2v) is 2.78. The molecule has 1 unspecified atom stereocenters. The first-order chi connectivity index (χ1) is 5.35. The van der Waals surface area contributed by atoms with Crippen LogP contribution in [-0.2, 0) is 0 Å². The van der Waals surface area contributed by atoms with Crippen molar-refractivity contribution < 1.29 is 0 Å². The van der Waals surface area contributed by atoms with Gasteiger partial charge in [-0.1, -0.05) is 20.3 Å². The Bertz CT molecular complexity index is 115. The number of nitrogens with zero attached hydrogens (tertiary/aromatic N) is 1. The summed E-state index contributed by atoms with van der Waals surface area (Å²) in [6.07, 6.45) is 4.12. The Morgan fingerprint density at radius 1 is 1.45 bits per heavy atom. The molecule has 2 heteroatoms. The quantitative estimate of drug-likeness (QED) is 0.594. The number of hydrogen-bond acceptors (Lipinski definition) is 2. The van der Waals surface area contributed by atoms with Crippen molar-refractivity contribution in [2.45, 2.75) is 45.6 Å². The molecular formula is C9H18N2. The fourth-order valence-corrected chi connectivity index (χ4v) is 0.954. The predicted octanol–water partition coefficient (Wildman–Crippen LogP) is 2.07. The van der Waals surface area contributed by atoms with E-state index >= 15 is 0 Å². The van der Waals surface area contributed by atoms with Crippen molar-refractivity contribution in [2.24, 2.45) is 0 Å². The fourth-order valence-electron chi connectivity index (χ4n) is 0.954. The third-order valence-corrected chi connectivity index (χ3v) is 1.79. The first-order valence-corrected chi connectivity index (χ1v) is 4.45. The minimum atomic E-state index is 0.409. The largest absolute Gasteiger partial charge is 0.313 e. The predicted molar refractivity (Wildman–Crippen MR) is 47.2 cm³/mol. The Labute approximate surface area is 69.6 Å². The smallest absolute Gasteiger partial charge is 0.0638 e. The van der Waals surface area contributed by atoms with Crippen LogP contribution in [0.2, 0.25) is 0 Å². The average Bonchev–Trinajstić information content (AvgIpc) is 2.03. The highest BCUT2D eigenvalue weighted by Gasteiger charge is 2.02. The van der Waals surface area contributed by atoms with Gasteiger partial charge in [-0.05, 0) is 19.4 Å². The van der Waals surface area contributed by atoms with Crippen molar-refractivity contribution in [3.8, 4) is 6.07 Å². The molecule has 0 aromatic rings. The molecule has 0 bridgehead atoms. The lowest BCUT2D eigenvalue weighted by Crippen LogP contribution is -2.28. The molecule has 0 rings (SSSR count). The van der Waals surface area contributed by atoms with E-state index in [1.165, 1.54) is 12.8 Å². The zero-order chi connectivity index (χ0) is 8.53. The minimum Gasteiger partial charge on any atom is -0.313 e. The molecule has 0 aliphatic carbocycles. The summed E-state index contributed by atoms with van der Waals surface area (Å²) in [5, 5.41) is 11.8. The molecule has 0 aliphatic heterocycles. The van der Waals surface area contributed by atoms with Gasteiger partial charge in [0.25, 0.3) is 0 Å². The normalized spacial score (nSPS) is 12.5. The Kier molecular flexibility index (Phi) is 7.18. The molecule has 0 heterocycles. The summed E-state index contributed by atoms with van der Waals surface area (Å²) in [6.45, 7) is 5.34. The lowest BCUT2D eigenvalue weighted by Gasteiger charge is -2.12. The zero-order valence-electron chi connectivity index (χ0n) is 7.56. The van der Waals surface area contributed by atoms with Gasteiger partial charge in [0, 0.05) is 6.04 Å². The molecule has 0 aromatic heterocycles. The molecular weight excluding hydrogens is 136 g/mol. The van der Waals surface area contributed by atoms with Crippen LogP contribution in [0.25, 0.3) is 0 Å². The highest BCUT2D eigenvalue weighted by molar-refractivity contribution is 4.79. The molecule has 0 spiro atoms. The van der Waals surface area contributed by atoms with Crippen molar-refractivity contribution in [2.75, 3.05) is 6.54 Å². The van der Waals surface area contributed by atoms with Gasteiger partial charge >= 0.3 is 0 Å². The summed E-state index contributed by atoms with van der Waals surface area (Å²) >= 11 is 0. The summed E-state index contributed by atoms with van der Waals surface area (Å²) in [6, 6.07) is 2.59. The lowest BCUT2D eigenvalue weighted by molar-refractivity contribution is 0.496. The Morgan fingerprint density at radius 2 is 2.18 bits per heavy atom. The number of nitrogens with one attached hydrogen (secondary N) is 1. The summed E-state index contributed by atoms with van der Waals surface area (Å²) in [5.74, 6) is 0. The molecule has 1 atom stereocenters. The van der Waals surface area contributed by atoms with Gasteiger partial charge in [0.2, 0.25) is 0 Å². The van der Waals surface area contributed by atoms with E-state index in [0.717, 1.165) is 13.0 Å². The summed E-state index contributed by atoms with van der Waals surface area (Å²) in [7, 11) is 0. The molecule has 0 aromatic carbocycles. The van der Waals surface area contributed by atoms with Crippen LogP contribution >= 0.6 is 0 Å². The van der Waals surface area contributed by atoms with Gasteiger partial charge in [-0.2, -0.15) is 5.26 Å². The first-order valence-electron chi connectivity index (χ1n) is 4.45. The van der Waals surface area contributed by atoms with E-state index in [9.17, 15) is 0 Å². The standard InChI is InChI=1S/C9H18N2/c1-3-5-8-11-9(4-2)6-7-10/h9,11H,3-6,8H2,1-2H3. The fraction of sp³-hybridized carbons (Fsp3) is 0.889. The maximum Gasteiger partial charge on any atom is 0.0638 e. The minimum absolute atomic E-state index is 0.409. The van der Waals surface area contributed by atoms with Gasteiger partial charge in [-0.25, -0.2) is 0 Å². The van der Waals surface area contributed by atoms with Crippen LogP contribution in [0.1, 0.15) is 39.5 Å². The summed E-state index contributed by atoms with van der Waals surface area (Å²) < 4.78 is 0. The van der Waals surface area contributed by atoms with Crippen molar-refractivity contribution >= 4 is 0 Å². The third-order valence-electron chi connectivity index (χ3n) is 1.79. The molecule has 0 fully saturated rings. The molecule has 64 valence electrons. The van der Waals surface area contributed by atoms with Crippen LogP contribution in [-0.4, -0.2) is 12.6 Å². The number of rotatable bonds is 6. The van der Waals surface area contributed by atoms with Crippen molar-refractivity contribution in [3.63, 3.8) is 0 Å². The average molecular weight is 154 g/mol. The van der Waals surface area contributed by atoms with Crippen LogP contribution < -0.4 is 5.32 Å². The maximum absolute atomic E-state index is 8.43. The SMILES string of the molecule is CCCCNC(CC)CC#N. The van der Waals surface area contributed by atoms with Gasteiger partial charge in [-0.15, -0.1) is 0 Å². The monoisotopic (exact) mass is 154 g/mol. The highest BCUT2D eigenvalue weighted by atomic mass is 14.9. The topological polar surface area (TPSA) is 35.8 Å². The van der Waals surface area contributed by atoms with Crippen LogP contribution in [0.3, 0.4) is 0 Å². The molecule has 1 N–H and O–H groups in total.